The van der Waals surface area contributed by atoms with Crippen LogP contribution >= 0.6 is 0 Å². The standard InChI is InChI=1S/C27H31F3N4O4/c1-15-5-4-6-20-24(15)26(36)34(33-25(20)16-11-18(37-2)14-19(12-16)38-3)22-13-17(32-10-9-23(31)35)7-8-21(22)27(28,29)30/h7-8,11-15,20,24,32H,4-6,9-10H2,1-3H3,(H2,31,35). The Morgan fingerprint density at radius 2 is 1.82 bits per heavy atom. The first-order valence-corrected chi connectivity index (χ1v) is 12.4. The lowest BCUT2D eigenvalue weighted by molar-refractivity contribution is -0.137. The molecular formula is C27H31F3N4O4. The fourth-order valence-corrected chi connectivity index (χ4v) is 5.30. The minimum atomic E-state index is -4.73. The highest BCUT2D eigenvalue weighted by atomic mass is 19.4. The largest absolute Gasteiger partial charge is 0.497 e. The Morgan fingerprint density at radius 1 is 1.13 bits per heavy atom. The molecule has 0 spiro atoms. The maximum Gasteiger partial charge on any atom is 0.418 e. The van der Waals surface area contributed by atoms with E-state index < -0.39 is 29.5 Å². The number of halogens is 3. The van der Waals surface area contributed by atoms with Crippen molar-refractivity contribution in [1.29, 1.82) is 0 Å². The summed E-state index contributed by atoms with van der Waals surface area (Å²) in [4.78, 5) is 24.9. The predicted octanol–water partition coefficient (Wildman–Crippen LogP) is 4.81. The SMILES string of the molecule is COc1cc(OC)cc(C2=NN(c3cc(NCCC(N)=O)ccc3C(F)(F)F)C(=O)C3C(C)CCCC23)c1. The molecule has 1 aliphatic carbocycles. The summed E-state index contributed by atoms with van der Waals surface area (Å²) in [7, 11) is 3.02. The van der Waals surface area contributed by atoms with Crippen LogP contribution in [-0.4, -0.2) is 38.3 Å². The van der Waals surface area contributed by atoms with Gasteiger partial charge in [0.25, 0.3) is 5.91 Å². The molecule has 2 aliphatic rings. The highest BCUT2D eigenvalue weighted by Gasteiger charge is 2.47. The van der Waals surface area contributed by atoms with E-state index in [-0.39, 0.29) is 30.5 Å². The maximum atomic E-state index is 14.1. The van der Waals surface area contributed by atoms with Crippen LogP contribution in [0.5, 0.6) is 11.5 Å². The third kappa shape index (κ3) is 5.56. The summed E-state index contributed by atoms with van der Waals surface area (Å²) in [5.74, 6) is -0.860. The maximum absolute atomic E-state index is 14.1. The molecule has 0 bridgehead atoms. The number of hydrogen-bond acceptors (Lipinski definition) is 6. The molecule has 3 unspecified atom stereocenters. The predicted molar refractivity (Wildman–Crippen MR) is 137 cm³/mol. The average molecular weight is 533 g/mol. The lowest BCUT2D eigenvalue weighted by atomic mass is 9.68. The molecule has 2 aromatic rings. The van der Waals surface area contributed by atoms with E-state index in [1.54, 1.807) is 18.2 Å². The van der Waals surface area contributed by atoms with Crippen LogP contribution < -0.4 is 25.5 Å². The number of nitrogens with two attached hydrogens (primary N) is 1. The fourth-order valence-electron chi connectivity index (χ4n) is 5.30. The van der Waals surface area contributed by atoms with E-state index in [4.69, 9.17) is 15.2 Å². The molecule has 38 heavy (non-hydrogen) atoms. The van der Waals surface area contributed by atoms with Gasteiger partial charge in [-0.25, -0.2) is 0 Å². The Labute approximate surface area is 219 Å². The number of nitrogens with one attached hydrogen (secondary N) is 1. The first kappa shape index (κ1) is 27.3. The van der Waals surface area contributed by atoms with Crippen LogP contribution in [0.3, 0.4) is 0 Å². The van der Waals surface area contributed by atoms with Crippen LogP contribution in [0, 0.1) is 17.8 Å². The number of nitrogens with zero attached hydrogens (tertiary/aromatic N) is 2. The summed E-state index contributed by atoms with van der Waals surface area (Å²) < 4.78 is 53.3. The number of rotatable bonds is 8. The quantitative estimate of drug-likeness (QED) is 0.508. The van der Waals surface area contributed by atoms with E-state index in [0.717, 1.165) is 23.9 Å². The number of alkyl halides is 3. The number of methoxy groups -OCH3 is 2. The van der Waals surface area contributed by atoms with Gasteiger partial charge in [-0.05, 0) is 49.1 Å². The van der Waals surface area contributed by atoms with Gasteiger partial charge in [-0.3, -0.25) is 9.59 Å². The summed E-state index contributed by atoms with van der Waals surface area (Å²) in [6.45, 7) is 2.09. The van der Waals surface area contributed by atoms with E-state index in [1.807, 2.05) is 6.92 Å². The van der Waals surface area contributed by atoms with Crippen molar-refractivity contribution in [3.63, 3.8) is 0 Å². The second kappa shape index (κ2) is 10.9. The van der Waals surface area contributed by atoms with Crippen LogP contribution in [0.15, 0.2) is 41.5 Å². The highest BCUT2D eigenvalue weighted by Crippen LogP contribution is 2.45. The van der Waals surface area contributed by atoms with Gasteiger partial charge >= 0.3 is 6.18 Å². The highest BCUT2D eigenvalue weighted by molar-refractivity contribution is 6.12. The number of amides is 2. The number of hydrazone groups is 1. The number of anilines is 2. The molecule has 0 radical (unpaired) electrons. The number of fused-ring (bicyclic) bond motifs is 1. The Morgan fingerprint density at radius 3 is 2.42 bits per heavy atom. The van der Waals surface area contributed by atoms with E-state index in [2.05, 4.69) is 10.4 Å². The van der Waals surface area contributed by atoms with Gasteiger partial charge in [-0.2, -0.15) is 23.3 Å². The molecule has 3 atom stereocenters. The molecule has 11 heteroatoms. The lowest BCUT2D eigenvalue weighted by Crippen LogP contribution is -2.49. The van der Waals surface area contributed by atoms with Gasteiger partial charge in [0.05, 0.1) is 37.1 Å². The third-order valence-corrected chi connectivity index (χ3v) is 7.15. The van der Waals surface area contributed by atoms with Gasteiger partial charge in [0, 0.05) is 36.2 Å². The van der Waals surface area contributed by atoms with Gasteiger partial charge in [-0.1, -0.05) is 13.3 Å². The van der Waals surface area contributed by atoms with E-state index >= 15 is 0 Å². The summed E-state index contributed by atoms with van der Waals surface area (Å²) in [5.41, 5.74) is 5.24. The van der Waals surface area contributed by atoms with Gasteiger partial charge in [0.15, 0.2) is 0 Å². The van der Waals surface area contributed by atoms with Gasteiger partial charge in [-0.15, -0.1) is 0 Å². The molecule has 1 fully saturated rings. The van der Waals surface area contributed by atoms with Crippen molar-refractivity contribution in [2.75, 3.05) is 31.1 Å². The van der Waals surface area contributed by atoms with Crippen molar-refractivity contribution in [3.05, 3.63) is 47.5 Å². The molecule has 8 nitrogen and oxygen atoms in total. The third-order valence-electron chi connectivity index (χ3n) is 7.15. The topological polar surface area (TPSA) is 106 Å². The summed E-state index contributed by atoms with van der Waals surface area (Å²) in [6, 6.07) is 8.60. The van der Waals surface area contributed by atoms with E-state index in [1.165, 1.54) is 26.4 Å². The summed E-state index contributed by atoms with van der Waals surface area (Å²) in [6.07, 6.45) is -2.38. The number of ether oxygens (including phenoxy) is 2. The lowest BCUT2D eigenvalue weighted by Gasteiger charge is -2.42. The monoisotopic (exact) mass is 532 g/mol. The van der Waals surface area contributed by atoms with Crippen LogP contribution in [-0.2, 0) is 15.8 Å². The smallest absolute Gasteiger partial charge is 0.418 e. The van der Waals surface area contributed by atoms with Crippen LogP contribution in [0.4, 0.5) is 24.5 Å². The van der Waals surface area contributed by atoms with Crippen molar-refractivity contribution in [1.82, 2.24) is 0 Å². The van der Waals surface area contributed by atoms with Crippen molar-refractivity contribution in [2.45, 2.75) is 38.8 Å². The van der Waals surface area contributed by atoms with Crippen molar-refractivity contribution in [2.24, 2.45) is 28.6 Å². The normalized spacial score (nSPS) is 21.4. The molecule has 1 aliphatic heterocycles. The summed E-state index contributed by atoms with van der Waals surface area (Å²) in [5, 5.41) is 8.38. The molecule has 3 N–H and O–H groups in total. The minimum Gasteiger partial charge on any atom is -0.497 e. The zero-order valence-corrected chi connectivity index (χ0v) is 21.5. The summed E-state index contributed by atoms with van der Waals surface area (Å²) >= 11 is 0. The molecule has 4 rings (SSSR count). The number of primary amides is 1. The zero-order chi connectivity index (χ0) is 27.6. The van der Waals surface area contributed by atoms with Crippen molar-refractivity contribution in [3.8, 4) is 11.5 Å². The number of hydrogen-bond donors (Lipinski definition) is 2. The second-order valence-electron chi connectivity index (χ2n) is 9.65. The molecule has 1 heterocycles. The Hall–Kier alpha value is -3.76. The Bertz CT molecular complexity index is 1230. The first-order chi connectivity index (χ1) is 18.0. The average Bonchev–Trinajstić information content (AvgIpc) is 2.87. The molecule has 1 saturated carbocycles. The van der Waals surface area contributed by atoms with Gasteiger partial charge < -0.3 is 20.5 Å². The van der Waals surface area contributed by atoms with Crippen LogP contribution in [0.2, 0.25) is 0 Å². The minimum absolute atomic E-state index is 0.000241. The van der Waals surface area contributed by atoms with Crippen molar-refractivity contribution < 1.29 is 32.2 Å². The Balaban J connectivity index is 1.88. The molecular weight excluding hydrogens is 501 g/mol. The fraction of sp³-hybridized carbons (Fsp3) is 0.444. The molecule has 0 aromatic heterocycles. The van der Waals surface area contributed by atoms with E-state index in [9.17, 15) is 22.8 Å². The van der Waals surface area contributed by atoms with Gasteiger partial charge in [0.2, 0.25) is 5.91 Å². The number of carbonyl (C=O) groups is 2. The zero-order valence-electron chi connectivity index (χ0n) is 21.5. The molecule has 2 amide bonds. The number of benzene rings is 2. The first-order valence-electron chi connectivity index (χ1n) is 12.4. The van der Waals surface area contributed by atoms with Gasteiger partial charge in [0.1, 0.15) is 11.5 Å². The number of carbonyl (C=O) groups excluding carboxylic acids is 2. The van der Waals surface area contributed by atoms with E-state index in [0.29, 0.717) is 34.9 Å². The molecule has 204 valence electrons. The van der Waals surface area contributed by atoms with Crippen LogP contribution in [0.1, 0.15) is 43.7 Å². The molecule has 2 aromatic carbocycles. The second-order valence-corrected chi connectivity index (χ2v) is 9.65. The van der Waals surface area contributed by atoms with Crippen molar-refractivity contribution >= 4 is 28.9 Å². The Kier molecular flexibility index (Phi) is 7.84. The molecule has 0 saturated heterocycles. The van der Waals surface area contributed by atoms with Crippen LogP contribution in [0.25, 0.3) is 0 Å².